The highest BCUT2D eigenvalue weighted by atomic mass is 35.5. The maximum absolute atomic E-state index is 11.7. The topological polar surface area (TPSA) is 34.9 Å². The van der Waals surface area contributed by atoms with Crippen molar-refractivity contribution in [1.29, 1.82) is 0 Å². The Kier molecular flexibility index (Phi) is 6.15. The van der Waals surface area contributed by atoms with Crippen molar-refractivity contribution in [2.45, 2.75) is 25.8 Å². The Morgan fingerprint density at radius 1 is 1.22 bits per heavy atom. The van der Waals surface area contributed by atoms with Crippen LogP contribution >= 0.6 is 12.4 Å². The third-order valence-electron chi connectivity index (χ3n) is 2.68. The van der Waals surface area contributed by atoms with E-state index in [9.17, 15) is 4.79 Å². The van der Waals surface area contributed by atoms with Crippen LogP contribution in [0.15, 0.2) is 49.1 Å². The second-order valence-corrected chi connectivity index (χ2v) is 4.11. The Morgan fingerprint density at radius 3 is 2.67 bits per heavy atom. The summed E-state index contributed by atoms with van der Waals surface area (Å²) in [6, 6.07) is 10.3. The number of carbonyl (C=O) groups excluding carboxylic acids is 1. The van der Waals surface area contributed by atoms with Crippen molar-refractivity contribution < 1.29 is 4.79 Å². The number of aryl methyl sites for hydroxylation is 1. The third kappa shape index (κ3) is 4.72. The van der Waals surface area contributed by atoms with Crippen LogP contribution in [0.1, 0.15) is 18.4 Å². The molecule has 1 aromatic carbocycles. The normalized spacial score (nSPS) is 9.78. The molecule has 0 aliphatic carbocycles. The lowest BCUT2D eigenvalue weighted by Gasteiger charge is -2.02. The highest BCUT2D eigenvalue weighted by Crippen LogP contribution is 2.05. The van der Waals surface area contributed by atoms with E-state index >= 15 is 0 Å². The Hall–Kier alpha value is -1.61. The summed E-state index contributed by atoms with van der Waals surface area (Å²) < 4.78 is 1.81. The fourth-order valence-corrected chi connectivity index (χ4v) is 1.80. The zero-order valence-corrected chi connectivity index (χ0v) is 11.0. The van der Waals surface area contributed by atoms with Crippen molar-refractivity contribution in [1.82, 2.24) is 9.55 Å². The first kappa shape index (κ1) is 14.5. The van der Waals surface area contributed by atoms with Crippen molar-refractivity contribution in [3.8, 4) is 0 Å². The molecule has 0 bridgehead atoms. The summed E-state index contributed by atoms with van der Waals surface area (Å²) in [4.78, 5) is 15.6. The van der Waals surface area contributed by atoms with Crippen LogP contribution in [0.25, 0.3) is 0 Å². The number of hydrogen-bond acceptors (Lipinski definition) is 2. The van der Waals surface area contributed by atoms with E-state index in [1.165, 1.54) is 5.56 Å². The van der Waals surface area contributed by atoms with Gasteiger partial charge in [0.25, 0.3) is 0 Å². The molecule has 2 aromatic rings. The van der Waals surface area contributed by atoms with E-state index in [1.54, 1.807) is 12.5 Å². The summed E-state index contributed by atoms with van der Waals surface area (Å²) in [5, 5.41) is 0. The van der Waals surface area contributed by atoms with Gasteiger partial charge in [-0.3, -0.25) is 4.79 Å². The fourth-order valence-electron chi connectivity index (χ4n) is 1.80. The first-order valence-corrected chi connectivity index (χ1v) is 5.86. The highest BCUT2D eigenvalue weighted by molar-refractivity contribution is 5.85. The van der Waals surface area contributed by atoms with Gasteiger partial charge < -0.3 is 4.57 Å². The maximum Gasteiger partial charge on any atom is 0.152 e. The summed E-state index contributed by atoms with van der Waals surface area (Å²) in [7, 11) is 0. The van der Waals surface area contributed by atoms with Crippen LogP contribution in [-0.2, 0) is 17.8 Å². The number of halogens is 1. The van der Waals surface area contributed by atoms with Crippen LogP contribution in [0.4, 0.5) is 0 Å². The summed E-state index contributed by atoms with van der Waals surface area (Å²) in [5.74, 6) is 0.263. The first-order valence-electron chi connectivity index (χ1n) is 5.86. The highest BCUT2D eigenvalue weighted by Gasteiger charge is 2.02. The van der Waals surface area contributed by atoms with Gasteiger partial charge in [0.2, 0.25) is 0 Å². The smallest absolute Gasteiger partial charge is 0.152 e. The lowest BCUT2D eigenvalue weighted by atomic mass is 10.1. The fraction of sp³-hybridized carbons (Fsp3) is 0.286. The van der Waals surface area contributed by atoms with Crippen LogP contribution in [0.5, 0.6) is 0 Å². The molecule has 18 heavy (non-hydrogen) atoms. The van der Waals surface area contributed by atoms with Crippen LogP contribution in [0, 0.1) is 0 Å². The van der Waals surface area contributed by atoms with Gasteiger partial charge in [0.15, 0.2) is 5.78 Å². The molecule has 0 unspecified atom stereocenters. The Balaban J connectivity index is 0.00000162. The standard InChI is InChI=1S/C14H16N2O.ClH/c17-14(11-16-10-9-15-12-16)8-4-7-13-5-2-1-3-6-13;/h1-3,5-6,9-10,12H,4,7-8,11H2;1H. The summed E-state index contributed by atoms with van der Waals surface area (Å²) in [6.07, 6.45) is 7.70. The molecule has 0 N–H and O–H groups in total. The number of benzene rings is 1. The molecule has 0 saturated heterocycles. The van der Waals surface area contributed by atoms with Gasteiger partial charge in [-0.1, -0.05) is 30.3 Å². The zero-order chi connectivity index (χ0) is 11.9. The van der Waals surface area contributed by atoms with E-state index in [0.717, 1.165) is 12.8 Å². The number of aromatic nitrogens is 2. The van der Waals surface area contributed by atoms with Crippen molar-refractivity contribution in [3.63, 3.8) is 0 Å². The maximum atomic E-state index is 11.7. The number of nitrogens with zero attached hydrogens (tertiary/aromatic N) is 2. The second kappa shape index (κ2) is 7.67. The molecular weight excluding hydrogens is 248 g/mol. The molecule has 0 atom stereocenters. The van der Waals surface area contributed by atoms with E-state index in [1.807, 2.05) is 29.0 Å². The van der Waals surface area contributed by atoms with Crippen LogP contribution in [0.2, 0.25) is 0 Å². The third-order valence-corrected chi connectivity index (χ3v) is 2.68. The lowest BCUT2D eigenvalue weighted by molar-refractivity contribution is -0.119. The second-order valence-electron chi connectivity index (χ2n) is 4.11. The summed E-state index contributed by atoms with van der Waals surface area (Å²) in [6.45, 7) is 0.439. The van der Waals surface area contributed by atoms with E-state index in [-0.39, 0.29) is 18.2 Å². The van der Waals surface area contributed by atoms with Gasteiger partial charge in [-0.2, -0.15) is 0 Å². The molecule has 2 rings (SSSR count). The van der Waals surface area contributed by atoms with E-state index in [0.29, 0.717) is 13.0 Å². The van der Waals surface area contributed by atoms with Crippen molar-refractivity contribution in [2.75, 3.05) is 0 Å². The molecular formula is C14H17ClN2O. The van der Waals surface area contributed by atoms with Crippen molar-refractivity contribution in [3.05, 3.63) is 54.6 Å². The Labute approximate surface area is 113 Å². The number of rotatable bonds is 6. The van der Waals surface area contributed by atoms with Gasteiger partial charge in [-0.25, -0.2) is 4.98 Å². The van der Waals surface area contributed by atoms with Crippen molar-refractivity contribution in [2.24, 2.45) is 0 Å². The number of carbonyl (C=O) groups is 1. The average Bonchev–Trinajstić information content (AvgIpc) is 2.83. The lowest BCUT2D eigenvalue weighted by Crippen LogP contribution is -2.08. The molecule has 0 amide bonds. The van der Waals surface area contributed by atoms with E-state index in [4.69, 9.17) is 0 Å². The van der Waals surface area contributed by atoms with Gasteiger partial charge in [0.1, 0.15) is 0 Å². The van der Waals surface area contributed by atoms with E-state index in [2.05, 4.69) is 17.1 Å². The number of ketones is 1. The molecule has 3 nitrogen and oxygen atoms in total. The number of Topliss-reactive ketones (excluding diaryl/α,β-unsaturated/α-hetero) is 1. The quantitative estimate of drug-likeness (QED) is 0.804. The minimum Gasteiger partial charge on any atom is -0.330 e. The molecule has 0 spiro atoms. The summed E-state index contributed by atoms with van der Waals surface area (Å²) >= 11 is 0. The van der Waals surface area contributed by atoms with Gasteiger partial charge in [-0.05, 0) is 18.4 Å². The summed E-state index contributed by atoms with van der Waals surface area (Å²) in [5.41, 5.74) is 1.29. The Bertz CT molecular complexity index is 454. The SMILES string of the molecule is Cl.O=C(CCCc1ccccc1)Cn1ccnc1. The predicted octanol–water partition coefficient (Wildman–Crippen LogP) is 2.90. The zero-order valence-electron chi connectivity index (χ0n) is 10.2. The molecule has 4 heteroatoms. The molecule has 1 aromatic heterocycles. The molecule has 96 valence electrons. The van der Waals surface area contributed by atoms with Crippen LogP contribution in [-0.4, -0.2) is 15.3 Å². The molecule has 0 radical (unpaired) electrons. The largest absolute Gasteiger partial charge is 0.330 e. The predicted molar refractivity (Wildman–Crippen MR) is 73.9 cm³/mol. The van der Waals surface area contributed by atoms with Gasteiger partial charge in [0, 0.05) is 18.8 Å². The number of hydrogen-bond donors (Lipinski definition) is 0. The molecule has 0 aliphatic heterocycles. The first-order chi connectivity index (χ1) is 8.34. The number of imidazole rings is 1. The minimum atomic E-state index is 0. The van der Waals surface area contributed by atoms with Crippen LogP contribution in [0.3, 0.4) is 0 Å². The average molecular weight is 265 g/mol. The van der Waals surface area contributed by atoms with Gasteiger partial charge in [-0.15, -0.1) is 12.4 Å². The monoisotopic (exact) mass is 264 g/mol. The Morgan fingerprint density at radius 2 is 2.00 bits per heavy atom. The van der Waals surface area contributed by atoms with Gasteiger partial charge >= 0.3 is 0 Å². The van der Waals surface area contributed by atoms with Crippen molar-refractivity contribution >= 4 is 18.2 Å². The van der Waals surface area contributed by atoms with E-state index < -0.39 is 0 Å². The van der Waals surface area contributed by atoms with Crippen LogP contribution < -0.4 is 0 Å². The molecule has 1 heterocycles. The molecule has 0 aliphatic rings. The minimum absolute atomic E-state index is 0. The van der Waals surface area contributed by atoms with Gasteiger partial charge in [0.05, 0.1) is 12.9 Å². The molecule has 0 saturated carbocycles. The molecule has 0 fully saturated rings.